The molecule has 11 heteroatoms. The Hall–Kier alpha value is -2.07. The summed E-state index contributed by atoms with van der Waals surface area (Å²) in [5.74, 6) is -0.975. The standard InChI is InChI=1S/C44H79O10P/c1-3-5-7-9-11-13-15-17-19-20-22-23-25-27-29-31-33-35-43(47)51-39-42(40-53-55(49,50)52-38-41(46)37-45)54-44(48)36-34-32-30-28-26-24-21-18-16-14-12-10-8-6-4-2/h12,14,17-19,21,26,28,41-42,45-46H,3-11,13,15-16,20,22-25,27,29-40H2,1-2H3,(H,49,50)/b14-12+,19-17+,21-18+,28-26+/t41-,42+/m0/s1. The molecular weight excluding hydrogens is 719 g/mol. The van der Waals surface area contributed by atoms with Crippen molar-refractivity contribution in [3.05, 3.63) is 48.6 Å². The monoisotopic (exact) mass is 799 g/mol. The summed E-state index contributed by atoms with van der Waals surface area (Å²) in [7, 11) is -4.63. The number of hydrogen-bond acceptors (Lipinski definition) is 9. The van der Waals surface area contributed by atoms with Crippen LogP contribution in [-0.4, -0.2) is 65.7 Å². The van der Waals surface area contributed by atoms with Crippen molar-refractivity contribution in [3.8, 4) is 0 Å². The van der Waals surface area contributed by atoms with Crippen molar-refractivity contribution in [1.82, 2.24) is 0 Å². The molecule has 0 radical (unpaired) electrons. The number of phosphoric acid groups is 1. The van der Waals surface area contributed by atoms with Crippen LogP contribution in [0.2, 0.25) is 0 Å². The lowest BCUT2D eigenvalue weighted by Gasteiger charge is -2.20. The highest BCUT2D eigenvalue weighted by molar-refractivity contribution is 7.47. The van der Waals surface area contributed by atoms with Crippen molar-refractivity contribution in [2.24, 2.45) is 0 Å². The van der Waals surface area contributed by atoms with Gasteiger partial charge in [0.2, 0.25) is 0 Å². The molecule has 0 aliphatic carbocycles. The summed E-state index contributed by atoms with van der Waals surface area (Å²) >= 11 is 0. The number of hydrogen-bond donors (Lipinski definition) is 3. The minimum absolute atomic E-state index is 0.134. The predicted molar refractivity (Wildman–Crippen MR) is 224 cm³/mol. The van der Waals surface area contributed by atoms with Gasteiger partial charge in [0.1, 0.15) is 12.7 Å². The van der Waals surface area contributed by atoms with Crippen LogP contribution in [0.25, 0.3) is 0 Å². The lowest BCUT2D eigenvalue weighted by atomic mass is 10.1. The van der Waals surface area contributed by atoms with E-state index in [9.17, 15) is 24.2 Å². The maximum Gasteiger partial charge on any atom is 0.472 e. The molecule has 0 saturated carbocycles. The first-order valence-corrected chi connectivity index (χ1v) is 23.1. The number of carbonyl (C=O) groups excluding carboxylic acids is 2. The molecule has 0 aliphatic heterocycles. The predicted octanol–water partition coefficient (Wildman–Crippen LogP) is 11.3. The van der Waals surface area contributed by atoms with Crippen LogP contribution in [0.15, 0.2) is 48.6 Å². The van der Waals surface area contributed by atoms with E-state index in [1.165, 1.54) is 83.5 Å². The average Bonchev–Trinajstić information content (AvgIpc) is 3.17. The molecule has 55 heavy (non-hydrogen) atoms. The van der Waals surface area contributed by atoms with Gasteiger partial charge < -0.3 is 24.6 Å². The van der Waals surface area contributed by atoms with Crippen molar-refractivity contribution in [1.29, 1.82) is 0 Å². The van der Waals surface area contributed by atoms with Crippen LogP contribution in [0, 0.1) is 0 Å². The SMILES string of the molecule is CCCCC/C=C/C/C=C/C/C=C/CCCCC(=O)O[C@H](COC(=O)CCCCCCCCC/C=C/CCCCCCCC)COP(=O)(O)OC[C@@H](O)CO. The first kappa shape index (κ1) is 52.9. The van der Waals surface area contributed by atoms with Gasteiger partial charge in [-0.15, -0.1) is 0 Å². The third-order valence-corrected chi connectivity index (χ3v) is 9.91. The summed E-state index contributed by atoms with van der Waals surface area (Å²) in [5.41, 5.74) is 0. The topological polar surface area (TPSA) is 149 Å². The molecule has 0 aromatic rings. The van der Waals surface area contributed by atoms with Gasteiger partial charge >= 0.3 is 19.8 Å². The third-order valence-electron chi connectivity index (χ3n) is 8.96. The molecule has 3 N–H and O–H groups in total. The van der Waals surface area contributed by atoms with E-state index in [1.54, 1.807) is 0 Å². The van der Waals surface area contributed by atoms with E-state index in [2.05, 4.69) is 67.0 Å². The normalized spacial score (nSPS) is 14.3. The van der Waals surface area contributed by atoms with Gasteiger partial charge in [-0.1, -0.05) is 140 Å². The second-order valence-electron chi connectivity index (χ2n) is 14.4. The second-order valence-corrected chi connectivity index (χ2v) is 15.8. The lowest BCUT2D eigenvalue weighted by Crippen LogP contribution is -2.29. The summed E-state index contributed by atoms with van der Waals surface area (Å²) in [5, 5.41) is 18.3. The number of aliphatic hydroxyl groups is 2. The highest BCUT2D eigenvalue weighted by Crippen LogP contribution is 2.43. The summed E-state index contributed by atoms with van der Waals surface area (Å²) in [4.78, 5) is 34.9. The Morgan fingerprint density at radius 1 is 0.545 bits per heavy atom. The molecule has 0 aromatic carbocycles. The van der Waals surface area contributed by atoms with Gasteiger partial charge in [0, 0.05) is 12.8 Å². The first-order valence-electron chi connectivity index (χ1n) is 21.6. The number of aliphatic hydroxyl groups excluding tert-OH is 2. The van der Waals surface area contributed by atoms with E-state index in [4.69, 9.17) is 19.1 Å². The van der Waals surface area contributed by atoms with Gasteiger partial charge in [-0.05, 0) is 77.0 Å². The lowest BCUT2D eigenvalue weighted by molar-refractivity contribution is -0.161. The molecule has 0 aliphatic rings. The molecule has 3 atom stereocenters. The molecule has 10 nitrogen and oxygen atoms in total. The minimum atomic E-state index is -4.63. The van der Waals surface area contributed by atoms with Gasteiger partial charge in [-0.2, -0.15) is 0 Å². The maximum atomic E-state index is 12.6. The highest BCUT2D eigenvalue weighted by Gasteiger charge is 2.27. The Balaban J connectivity index is 4.36. The largest absolute Gasteiger partial charge is 0.472 e. The summed E-state index contributed by atoms with van der Waals surface area (Å²) < 4.78 is 32.6. The van der Waals surface area contributed by atoms with Crippen molar-refractivity contribution in [2.75, 3.05) is 26.4 Å². The molecule has 0 heterocycles. The molecule has 0 saturated heterocycles. The van der Waals surface area contributed by atoms with Gasteiger partial charge in [0.15, 0.2) is 6.10 Å². The van der Waals surface area contributed by atoms with Crippen LogP contribution in [-0.2, 0) is 32.7 Å². The Morgan fingerprint density at radius 3 is 1.51 bits per heavy atom. The maximum absolute atomic E-state index is 12.6. The number of esters is 2. The number of ether oxygens (including phenoxy) is 2. The fourth-order valence-corrected chi connectivity index (χ4v) is 6.37. The minimum Gasteiger partial charge on any atom is -0.462 e. The van der Waals surface area contributed by atoms with Gasteiger partial charge in [0.25, 0.3) is 0 Å². The molecular formula is C44H79O10P. The molecule has 0 fully saturated rings. The quantitative estimate of drug-likeness (QED) is 0.0237. The van der Waals surface area contributed by atoms with Crippen molar-refractivity contribution in [3.63, 3.8) is 0 Å². The third kappa shape index (κ3) is 39.9. The van der Waals surface area contributed by atoms with Gasteiger partial charge in [0.05, 0.1) is 19.8 Å². The van der Waals surface area contributed by atoms with Crippen LogP contribution in [0.1, 0.15) is 181 Å². The summed E-state index contributed by atoms with van der Waals surface area (Å²) in [6.07, 6.45) is 42.2. The number of phosphoric ester groups is 1. The molecule has 320 valence electrons. The van der Waals surface area contributed by atoms with Crippen LogP contribution in [0.3, 0.4) is 0 Å². The van der Waals surface area contributed by atoms with Crippen LogP contribution in [0.4, 0.5) is 0 Å². The molecule has 0 aromatic heterocycles. The molecule has 0 bridgehead atoms. The van der Waals surface area contributed by atoms with E-state index in [-0.39, 0.29) is 19.4 Å². The molecule has 0 amide bonds. The van der Waals surface area contributed by atoms with Crippen molar-refractivity contribution >= 4 is 19.8 Å². The number of unbranched alkanes of at least 4 members (excludes halogenated alkanes) is 18. The second kappa shape index (κ2) is 40.1. The van der Waals surface area contributed by atoms with Crippen LogP contribution < -0.4 is 0 Å². The molecule has 1 unspecified atom stereocenters. The van der Waals surface area contributed by atoms with E-state index in [0.29, 0.717) is 12.8 Å². The van der Waals surface area contributed by atoms with Crippen LogP contribution in [0.5, 0.6) is 0 Å². The zero-order valence-corrected chi connectivity index (χ0v) is 35.5. The Kier molecular flexibility index (Phi) is 38.6. The Labute approximate surface area is 334 Å². The number of carbonyl (C=O) groups is 2. The Morgan fingerprint density at radius 2 is 0.945 bits per heavy atom. The van der Waals surface area contributed by atoms with E-state index < -0.39 is 51.8 Å². The first-order chi connectivity index (χ1) is 26.7. The number of allylic oxidation sites excluding steroid dienone is 8. The summed E-state index contributed by atoms with van der Waals surface area (Å²) in [6, 6.07) is 0. The summed E-state index contributed by atoms with van der Waals surface area (Å²) in [6.45, 7) is 2.29. The number of rotatable bonds is 40. The smallest absolute Gasteiger partial charge is 0.462 e. The van der Waals surface area contributed by atoms with Crippen molar-refractivity contribution < 1.29 is 47.8 Å². The Bertz CT molecular complexity index is 1060. The highest BCUT2D eigenvalue weighted by atomic mass is 31.2. The van der Waals surface area contributed by atoms with E-state index >= 15 is 0 Å². The van der Waals surface area contributed by atoms with Gasteiger partial charge in [-0.25, -0.2) is 4.57 Å². The molecule has 0 rings (SSSR count). The van der Waals surface area contributed by atoms with Crippen molar-refractivity contribution in [2.45, 2.75) is 193 Å². The van der Waals surface area contributed by atoms with E-state index in [1.807, 2.05) is 0 Å². The van der Waals surface area contributed by atoms with E-state index in [0.717, 1.165) is 57.8 Å². The zero-order valence-electron chi connectivity index (χ0n) is 34.6. The van der Waals surface area contributed by atoms with Gasteiger partial charge in [-0.3, -0.25) is 18.6 Å². The fraction of sp³-hybridized carbons (Fsp3) is 0.773. The van der Waals surface area contributed by atoms with Crippen LogP contribution >= 0.6 is 7.82 Å². The average molecular weight is 799 g/mol. The fourth-order valence-electron chi connectivity index (χ4n) is 5.58. The molecule has 0 spiro atoms. The zero-order chi connectivity index (χ0) is 40.5.